The average Bonchev–Trinajstić information content (AvgIpc) is 2.15. The summed E-state index contributed by atoms with van der Waals surface area (Å²) in [5.74, 6) is -0.554. The van der Waals surface area contributed by atoms with Crippen LogP contribution in [0.15, 0.2) is 23.1 Å². The van der Waals surface area contributed by atoms with Gasteiger partial charge in [0.05, 0.1) is 4.90 Å². The zero-order valence-corrected chi connectivity index (χ0v) is 10.3. The molecule has 0 aliphatic rings. The molecule has 0 heterocycles. The number of nitrogens with one attached hydrogen (secondary N) is 1. The lowest BCUT2D eigenvalue weighted by molar-refractivity contribution is -0.117. The van der Waals surface area contributed by atoms with Crippen LogP contribution in [-0.2, 0) is 14.8 Å². The number of anilines is 1. The van der Waals surface area contributed by atoms with Gasteiger partial charge in [-0.15, -0.1) is 0 Å². The smallest absolute Gasteiger partial charge is 0.240 e. The number of hydrogen-bond donors (Lipinski definition) is 3. The highest BCUT2D eigenvalue weighted by atomic mass is 32.2. The van der Waals surface area contributed by atoms with Crippen molar-refractivity contribution >= 4 is 21.6 Å². The van der Waals surface area contributed by atoms with Crippen molar-refractivity contribution in [2.75, 3.05) is 12.3 Å². The Kier molecular flexibility index (Phi) is 4.08. The molecule has 1 aromatic carbocycles. The van der Waals surface area contributed by atoms with Gasteiger partial charge in [0.15, 0.2) is 0 Å². The van der Waals surface area contributed by atoms with Gasteiger partial charge in [-0.25, -0.2) is 13.1 Å². The van der Waals surface area contributed by atoms with Gasteiger partial charge in [-0.2, -0.15) is 0 Å². The maximum absolute atomic E-state index is 11.8. The van der Waals surface area contributed by atoms with Crippen molar-refractivity contribution < 1.29 is 13.2 Å². The number of rotatable bonds is 5. The Balaban J connectivity index is 2.86. The first kappa shape index (κ1) is 13.5. The van der Waals surface area contributed by atoms with Crippen LogP contribution in [-0.4, -0.2) is 20.9 Å². The molecule has 1 rings (SSSR count). The number of sulfonamides is 1. The molecule has 7 heteroatoms. The molecule has 5 N–H and O–H groups in total. The summed E-state index contributed by atoms with van der Waals surface area (Å²) in [5.41, 5.74) is 11.5. The molecule has 0 bridgehead atoms. The van der Waals surface area contributed by atoms with Crippen molar-refractivity contribution in [3.05, 3.63) is 23.8 Å². The summed E-state index contributed by atoms with van der Waals surface area (Å²) in [7, 11) is -3.62. The predicted octanol–water partition coefficient (Wildman–Crippen LogP) is -0.269. The van der Waals surface area contributed by atoms with E-state index in [1.165, 1.54) is 12.1 Å². The second kappa shape index (κ2) is 5.15. The second-order valence-electron chi connectivity index (χ2n) is 3.64. The molecule has 0 fully saturated rings. The summed E-state index contributed by atoms with van der Waals surface area (Å²) in [6, 6.07) is 4.51. The number of nitrogens with two attached hydrogens (primary N) is 2. The first-order chi connectivity index (χ1) is 7.83. The number of hydrogen-bond acceptors (Lipinski definition) is 4. The number of amides is 1. The average molecular weight is 257 g/mol. The number of carbonyl (C=O) groups excluding carboxylic acids is 1. The van der Waals surface area contributed by atoms with Gasteiger partial charge in [0, 0.05) is 18.7 Å². The molecule has 0 unspecified atom stereocenters. The van der Waals surface area contributed by atoms with Gasteiger partial charge < -0.3 is 11.5 Å². The first-order valence-electron chi connectivity index (χ1n) is 4.97. The van der Waals surface area contributed by atoms with Gasteiger partial charge in [0.1, 0.15) is 0 Å². The molecule has 6 nitrogen and oxygen atoms in total. The molecule has 0 spiro atoms. The highest BCUT2D eigenvalue weighted by Gasteiger charge is 2.16. The lowest BCUT2D eigenvalue weighted by Gasteiger charge is -2.09. The van der Waals surface area contributed by atoms with Gasteiger partial charge >= 0.3 is 0 Å². The monoisotopic (exact) mass is 257 g/mol. The summed E-state index contributed by atoms with van der Waals surface area (Å²) < 4.78 is 26.0. The highest BCUT2D eigenvalue weighted by Crippen LogP contribution is 2.17. The highest BCUT2D eigenvalue weighted by molar-refractivity contribution is 7.89. The molecule has 0 aliphatic carbocycles. The summed E-state index contributed by atoms with van der Waals surface area (Å²) in [6.45, 7) is 1.64. The Morgan fingerprint density at radius 3 is 2.59 bits per heavy atom. The van der Waals surface area contributed by atoms with Crippen molar-refractivity contribution in [1.29, 1.82) is 0 Å². The van der Waals surface area contributed by atoms with Gasteiger partial charge in [-0.3, -0.25) is 4.79 Å². The molecule has 1 amide bonds. The number of carbonyl (C=O) groups is 1. The predicted molar refractivity (Wildman–Crippen MR) is 64.6 cm³/mol. The van der Waals surface area contributed by atoms with Crippen LogP contribution >= 0.6 is 0 Å². The minimum atomic E-state index is -3.62. The molecule has 0 radical (unpaired) electrons. The Morgan fingerprint density at radius 2 is 2.06 bits per heavy atom. The van der Waals surface area contributed by atoms with Gasteiger partial charge in [-0.1, -0.05) is 0 Å². The molecular weight excluding hydrogens is 242 g/mol. The maximum atomic E-state index is 11.8. The molecule has 0 saturated carbocycles. The van der Waals surface area contributed by atoms with Crippen LogP contribution < -0.4 is 16.2 Å². The van der Waals surface area contributed by atoms with E-state index in [0.29, 0.717) is 11.3 Å². The van der Waals surface area contributed by atoms with E-state index in [1.54, 1.807) is 13.0 Å². The summed E-state index contributed by atoms with van der Waals surface area (Å²) in [4.78, 5) is 10.7. The fourth-order valence-corrected chi connectivity index (χ4v) is 2.62. The van der Waals surface area contributed by atoms with E-state index in [-0.39, 0.29) is 17.9 Å². The molecule has 17 heavy (non-hydrogen) atoms. The van der Waals surface area contributed by atoms with Crippen LogP contribution in [0.1, 0.15) is 12.0 Å². The Labute approximate surface area is 100 Å². The van der Waals surface area contributed by atoms with E-state index in [1.807, 2.05) is 0 Å². The number of benzene rings is 1. The first-order valence-corrected chi connectivity index (χ1v) is 6.45. The van der Waals surface area contributed by atoms with Crippen molar-refractivity contribution in [2.24, 2.45) is 5.73 Å². The molecule has 94 valence electrons. The van der Waals surface area contributed by atoms with Crippen LogP contribution in [0.4, 0.5) is 5.69 Å². The summed E-state index contributed by atoms with van der Waals surface area (Å²) in [6.07, 6.45) is -0.0345. The van der Waals surface area contributed by atoms with E-state index in [0.717, 1.165) is 0 Å². The van der Waals surface area contributed by atoms with Crippen molar-refractivity contribution in [3.8, 4) is 0 Å². The molecule has 0 aliphatic heterocycles. The second-order valence-corrected chi connectivity index (χ2v) is 5.37. The molecule has 0 aromatic heterocycles. The fourth-order valence-electron chi connectivity index (χ4n) is 1.36. The van der Waals surface area contributed by atoms with E-state index < -0.39 is 15.9 Å². The number of aryl methyl sites for hydroxylation is 1. The molecule has 0 saturated heterocycles. The third-order valence-corrected chi connectivity index (χ3v) is 3.77. The maximum Gasteiger partial charge on any atom is 0.240 e. The van der Waals surface area contributed by atoms with Crippen LogP contribution in [0.5, 0.6) is 0 Å². The minimum Gasteiger partial charge on any atom is -0.399 e. The van der Waals surface area contributed by atoms with E-state index >= 15 is 0 Å². The van der Waals surface area contributed by atoms with E-state index in [2.05, 4.69) is 4.72 Å². The standard InChI is InChI=1S/C10H15N3O3S/c1-7-6-8(11)2-3-9(7)17(15,16)13-5-4-10(12)14/h2-3,6,13H,4-5,11H2,1H3,(H2,12,14). The van der Waals surface area contributed by atoms with Gasteiger partial charge in [-0.05, 0) is 30.7 Å². The fraction of sp³-hybridized carbons (Fsp3) is 0.300. The third-order valence-electron chi connectivity index (χ3n) is 2.15. The largest absolute Gasteiger partial charge is 0.399 e. The third kappa shape index (κ3) is 3.72. The number of nitrogen functional groups attached to an aromatic ring is 1. The van der Waals surface area contributed by atoms with Crippen LogP contribution in [0.3, 0.4) is 0 Å². The summed E-state index contributed by atoms with van der Waals surface area (Å²) in [5, 5.41) is 0. The minimum absolute atomic E-state index is 0.0124. The molecule has 0 atom stereocenters. The van der Waals surface area contributed by atoms with E-state index in [4.69, 9.17) is 11.5 Å². The quantitative estimate of drug-likeness (QED) is 0.630. The van der Waals surface area contributed by atoms with Gasteiger partial charge in [0.25, 0.3) is 0 Å². The van der Waals surface area contributed by atoms with Crippen LogP contribution in [0.25, 0.3) is 0 Å². The lowest BCUT2D eigenvalue weighted by atomic mass is 10.2. The zero-order valence-electron chi connectivity index (χ0n) is 9.43. The molecule has 1 aromatic rings. The van der Waals surface area contributed by atoms with E-state index in [9.17, 15) is 13.2 Å². The Morgan fingerprint density at radius 1 is 1.41 bits per heavy atom. The Bertz CT molecular complexity index is 526. The summed E-state index contributed by atoms with van der Waals surface area (Å²) >= 11 is 0. The molecular formula is C10H15N3O3S. The topological polar surface area (TPSA) is 115 Å². The van der Waals surface area contributed by atoms with Gasteiger partial charge in [0.2, 0.25) is 15.9 Å². The van der Waals surface area contributed by atoms with Crippen LogP contribution in [0.2, 0.25) is 0 Å². The van der Waals surface area contributed by atoms with Crippen LogP contribution in [0, 0.1) is 6.92 Å². The normalized spacial score (nSPS) is 11.4. The lowest BCUT2D eigenvalue weighted by Crippen LogP contribution is -2.28. The van der Waals surface area contributed by atoms with Crippen molar-refractivity contribution in [3.63, 3.8) is 0 Å². The van der Waals surface area contributed by atoms with Crippen molar-refractivity contribution in [1.82, 2.24) is 4.72 Å². The SMILES string of the molecule is Cc1cc(N)ccc1S(=O)(=O)NCCC(N)=O. The Hall–Kier alpha value is -1.60. The zero-order chi connectivity index (χ0) is 13.1. The number of primary amides is 1. The van der Waals surface area contributed by atoms with Crippen molar-refractivity contribution in [2.45, 2.75) is 18.2 Å².